The van der Waals surface area contributed by atoms with Crippen LogP contribution in [0.25, 0.3) is 0 Å². The average molecular weight is 596 g/mol. The molecule has 0 fully saturated rings. The van der Waals surface area contributed by atoms with Crippen LogP contribution in [0.1, 0.15) is 56.9 Å². The van der Waals surface area contributed by atoms with Crippen molar-refractivity contribution in [3.8, 4) is 6.07 Å². The summed E-state index contributed by atoms with van der Waals surface area (Å²) in [6.07, 6.45) is 1.01. The fourth-order valence-corrected chi connectivity index (χ4v) is 5.18. The van der Waals surface area contributed by atoms with Crippen LogP contribution < -0.4 is 10.2 Å². The molecule has 9 nitrogen and oxygen atoms in total. The molecule has 2 aromatic carbocycles. The fourth-order valence-electron chi connectivity index (χ4n) is 4.99. The highest BCUT2D eigenvalue weighted by molar-refractivity contribution is 6.30. The minimum atomic E-state index is -0.627. The fraction of sp³-hybridized carbons (Fsp3) is 0.500. The van der Waals surface area contributed by atoms with E-state index in [9.17, 15) is 19.6 Å². The number of hydrogen-bond donors (Lipinski definition) is 1. The van der Waals surface area contributed by atoms with Crippen LogP contribution in [-0.4, -0.2) is 78.6 Å². The average Bonchev–Trinajstić information content (AvgIpc) is 3.32. The number of nitrogens with zero attached hydrogens (tertiary/aromatic N) is 4. The summed E-state index contributed by atoms with van der Waals surface area (Å²) in [7, 11) is 1.79. The summed E-state index contributed by atoms with van der Waals surface area (Å²) in [6, 6.07) is 13.1. The molecule has 1 unspecified atom stereocenters. The Labute approximate surface area is 254 Å². The second-order valence-electron chi connectivity index (χ2n) is 12.1. The van der Waals surface area contributed by atoms with Crippen LogP contribution in [0.3, 0.4) is 0 Å². The van der Waals surface area contributed by atoms with Gasteiger partial charge in [0.15, 0.2) is 0 Å². The monoisotopic (exact) mass is 595 g/mol. The van der Waals surface area contributed by atoms with Gasteiger partial charge in [-0.25, -0.2) is 4.79 Å². The van der Waals surface area contributed by atoms with Gasteiger partial charge in [-0.1, -0.05) is 23.7 Å². The zero-order valence-corrected chi connectivity index (χ0v) is 26.4. The third-order valence-corrected chi connectivity index (χ3v) is 7.52. The van der Waals surface area contributed by atoms with Gasteiger partial charge >= 0.3 is 6.09 Å². The van der Waals surface area contributed by atoms with Crippen LogP contribution in [-0.2, 0) is 27.2 Å². The van der Waals surface area contributed by atoms with Crippen LogP contribution in [0.4, 0.5) is 10.5 Å². The zero-order chi connectivity index (χ0) is 31.2. The lowest BCUT2D eigenvalue weighted by molar-refractivity contribution is -0.130. The second-order valence-corrected chi connectivity index (χ2v) is 12.5. The van der Waals surface area contributed by atoms with E-state index in [-0.39, 0.29) is 50.1 Å². The Balaban J connectivity index is 1.70. The molecular weight excluding hydrogens is 554 g/mol. The Hall–Kier alpha value is -3.77. The van der Waals surface area contributed by atoms with Gasteiger partial charge in [-0.15, -0.1) is 0 Å². The van der Waals surface area contributed by atoms with E-state index in [0.29, 0.717) is 22.7 Å². The maximum Gasteiger partial charge on any atom is 0.410 e. The van der Waals surface area contributed by atoms with E-state index in [1.165, 1.54) is 5.56 Å². The summed E-state index contributed by atoms with van der Waals surface area (Å²) in [5, 5.41) is 13.0. The molecule has 2 aromatic rings. The number of aryl methyl sites for hydroxylation is 1. The number of hydrogen-bond acceptors (Lipinski definition) is 6. The summed E-state index contributed by atoms with van der Waals surface area (Å²) in [5.74, 6) is -0.438. The van der Waals surface area contributed by atoms with Gasteiger partial charge in [-0.3, -0.25) is 9.59 Å². The molecule has 226 valence electrons. The molecule has 0 saturated heterocycles. The van der Waals surface area contributed by atoms with Crippen LogP contribution in [0, 0.1) is 18.3 Å². The molecule has 42 heavy (non-hydrogen) atoms. The van der Waals surface area contributed by atoms with E-state index in [4.69, 9.17) is 16.3 Å². The maximum absolute atomic E-state index is 13.5. The van der Waals surface area contributed by atoms with Crippen molar-refractivity contribution < 1.29 is 19.1 Å². The molecule has 10 heteroatoms. The van der Waals surface area contributed by atoms with Gasteiger partial charge in [-0.05, 0) is 95.3 Å². The third kappa shape index (κ3) is 8.86. The van der Waals surface area contributed by atoms with Gasteiger partial charge in [0.05, 0.1) is 24.7 Å². The first kappa shape index (κ1) is 32.7. The maximum atomic E-state index is 13.5. The molecule has 0 aliphatic heterocycles. The van der Waals surface area contributed by atoms with Gasteiger partial charge in [0.25, 0.3) is 0 Å². The third-order valence-electron chi connectivity index (χ3n) is 7.29. The Morgan fingerprint density at radius 1 is 1.10 bits per heavy atom. The Kier molecular flexibility index (Phi) is 10.9. The Morgan fingerprint density at radius 2 is 1.79 bits per heavy atom. The largest absolute Gasteiger partial charge is 0.444 e. The number of carbonyl (C=O) groups is 3. The van der Waals surface area contributed by atoms with Crippen molar-refractivity contribution in [2.24, 2.45) is 0 Å². The standard InChI is InChI=1S/C32H42ClN5O4/c1-21(2)38(31(41)42-32(4,5)6)13-12-35-29(39)19-37(28-14-23(18-34)9-8-22(28)3)20-30(40)36(7)27-16-24-10-11-26(33)15-25(24)17-27/h8-11,14-15,21,27H,12-13,16-17,19-20H2,1-7H3,(H,35,39). The lowest BCUT2D eigenvalue weighted by Crippen LogP contribution is -2.48. The molecule has 3 rings (SSSR count). The molecular formula is C32H42ClN5O4. The number of rotatable bonds is 10. The predicted molar refractivity (Wildman–Crippen MR) is 165 cm³/mol. The summed E-state index contributed by atoms with van der Waals surface area (Å²) in [6.45, 7) is 11.4. The first-order valence-corrected chi connectivity index (χ1v) is 14.6. The van der Waals surface area contributed by atoms with Crippen LogP contribution in [0.15, 0.2) is 36.4 Å². The summed E-state index contributed by atoms with van der Waals surface area (Å²) >= 11 is 6.17. The van der Waals surface area contributed by atoms with Crippen LogP contribution >= 0.6 is 11.6 Å². The molecule has 0 aromatic heterocycles. The number of halogens is 1. The van der Waals surface area contributed by atoms with E-state index < -0.39 is 11.7 Å². The van der Waals surface area contributed by atoms with Crippen molar-refractivity contribution in [1.29, 1.82) is 5.26 Å². The molecule has 3 amide bonds. The number of fused-ring (bicyclic) bond motifs is 1. The molecule has 0 spiro atoms. The number of carbonyl (C=O) groups excluding carboxylic acids is 3. The molecule has 0 heterocycles. The minimum Gasteiger partial charge on any atom is -0.444 e. The molecule has 0 saturated carbocycles. The number of nitrogens with one attached hydrogen (secondary N) is 1. The number of ether oxygens (including phenoxy) is 1. The summed E-state index contributed by atoms with van der Waals surface area (Å²) in [5.41, 5.74) is 3.62. The summed E-state index contributed by atoms with van der Waals surface area (Å²) < 4.78 is 5.50. The molecule has 1 atom stereocenters. The van der Waals surface area contributed by atoms with E-state index in [2.05, 4.69) is 11.4 Å². The normalized spacial score (nSPS) is 14.1. The SMILES string of the molecule is Cc1ccc(C#N)cc1N(CC(=O)NCCN(C(=O)OC(C)(C)C)C(C)C)CC(=O)N(C)C1Cc2ccc(Cl)cc2C1. The van der Waals surface area contributed by atoms with Crippen molar-refractivity contribution >= 4 is 35.2 Å². The van der Waals surface area contributed by atoms with Gasteiger partial charge in [-0.2, -0.15) is 5.26 Å². The zero-order valence-electron chi connectivity index (χ0n) is 25.7. The van der Waals surface area contributed by atoms with E-state index in [1.54, 1.807) is 33.9 Å². The van der Waals surface area contributed by atoms with Crippen LogP contribution in [0.5, 0.6) is 0 Å². The number of nitriles is 1. The molecule has 0 bridgehead atoms. The molecule has 1 aliphatic carbocycles. The van der Waals surface area contributed by atoms with Crippen molar-refractivity contribution in [3.63, 3.8) is 0 Å². The van der Waals surface area contributed by atoms with E-state index >= 15 is 0 Å². The molecule has 1 N–H and O–H groups in total. The smallest absolute Gasteiger partial charge is 0.410 e. The first-order chi connectivity index (χ1) is 19.7. The van der Waals surface area contributed by atoms with Crippen molar-refractivity contribution in [2.75, 3.05) is 38.1 Å². The van der Waals surface area contributed by atoms with Crippen molar-refractivity contribution in [3.05, 3.63) is 63.7 Å². The lowest BCUT2D eigenvalue weighted by atomic mass is 10.1. The number of benzene rings is 2. The minimum absolute atomic E-state index is 0.0111. The van der Waals surface area contributed by atoms with Crippen molar-refractivity contribution in [2.45, 2.75) is 72.1 Å². The first-order valence-electron chi connectivity index (χ1n) is 14.2. The molecule has 0 radical (unpaired) electrons. The van der Waals surface area contributed by atoms with Gasteiger partial charge in [0.2, 0.25) is 11.8 Å². The number of amides is 3. The Morgan fingerprint density at radius 3 is 2.43 bits per heavy atom. The van der Waals surface area contributed by atoms with Gasteiger partial charge < -0.3 is 24.8 Å². The van der Waals surface area contributed by atoms with E-state index in [0.717, 1.165) is 17.5 Å². The van der Waals surface area contributed by atoms with Gasteiger partial charge in [0.1, 0.15) is 5.60 Å². The Bertz CT molecular complexity index is 1350. The quantitative estimate of drug-likeness (QED) is 0.426. The second kappa shape index (κ2) is 13.9. The van der Waals surface area contributed by atoms with E-state index in [1.807, 2.05) is 65.8 Å². The molecule has 1 aliphatic rings. The predicted octanol–water partition coefficient (Wildman–Crippen LogP) is 4.71. The number of likely N-dealkylation sites (N-methyl/N-ethyl adjacent to an activating group) is 1. The van der Waals surface area contributed by atoms with Crippen molar-refractivity contribution in [1.82, 2.24) is 15.1 Å². The van der Waals surface area contributed by atoms with Gasteiger partial charge in [0, 0.05) is 42.9 Å². The topological polar surface area (TPSA) is 106 Å². The highest BCUT2D eigenvalue weighted by Gasteiger charge is 2.29. The number of anilines is 1. The highest BCUT2D eigenvalue weighted by atomic mass is 35.5. The highest BCUT2D eigenvalue weighted by Crippen LogP contribution is 2.28. The van der Waals surface area contributed by atoms with Crippen LogP contribution in [0.2, 0.25) is 5.02 Å². The lowest BCUT2D eigenvalue weighted by Gasteiger charge is -2.31. The summed E-state index contributed by atoms with van der Waals surface area (Å²) in [4.78, 5) is 44.3.